The number of hydrogen-bond donors (Lipinski definition) is 1. The Labute approximate surface area is 190 Å². The summed E-state index contributed by atoms with van der Waals surface area (Å²) in [7, 11) is 2.18. The summed E-state index contributed by atoms with van der Waals surface area (Å²) < 4.78 is 5.56. The molecule has 2 aromatic rings. The van der Waals surface area contributed by atoms with Gasteiger partial charge in [0.2, 0.25) is 5.91 Å². The lowest BCUT2D eigenvalue weighted by Crippen LogP contribution is -2.45. The molecule has 5 nitrogen and oxygen atoms in total. The first kappa shape index (κ1) is 22.3. The number of amides is 1. The molecule has 2 saturated heterocycles. The summed E-state index contributed by atoms with van der Waals surface area (Å²) >= 11 is 6.49. The van der Waals surface area contributed by atoms with E-state index in [2.05, 4.69) is 34.3 Å². The van der Waals surface area contributed by atoms with Gasteiger partial charge in [-0.3, -0.25) is 4.79 Å². The third kappa shape index (κ3) is 5.29. The SMILES string of the molecule is CN1CCN(CCc2ccc(NC(=O)C3(c4ccccc4Cl)CCOCC3)cc2)CC1. The lowest BCUT2D eigenvalue weighted by atomic mass is 9.73. The summed E-state index contributed by atoms with van der Waals surface area (Å²) in [6.45, 7) is 6.76. The largest absolute Gasteiger partial charge is 0.381 e. The van der Waals surface area contributed by atoms with E-state index in [1.165, 1.54) is 5.56 Å². The van der Waals surface area contributed by atoms with E-state index in [4.69, 9.17) is 16.3 Å². The summed E-state index contributed by atoms with van der Waals surface area (Å²) in [4.78, 5) is 18.3. The molecule has 0 unspecified atom stereocenters. The van der Waals surface area contributed by atoms with Gasteiger partial charge in [-0.2, -0.15) is 0 Å². The standard InChI is InChI=1S/C25H32ClN3O2/c1-28-14-16-29(17-15-28)13-10-20-6-8-21(9-7-20)27-24(30)25(11-18-31-19-12-25)22-4-2-3-5-23(22)26/h2-9H,10-19H2,1H3,(H,27,30). The maximum atomic E-state index is 13.4. The lowest BCUT2D eigenvalue weighted by molar-refractivity contribution is -0.125. The number of carbonyl (C=O) groups is 1. The smallest absolute Gasteiger partial charge is 0.235 e. The van der Waals surface area contributed by atoms with Gasteiger partial charge < -0.3 is 19.9 Å². The first-order chi connectivity index (χ1) is 15.1. The Morgan fingerprint density at radius 2 is 1.71 bits per heavy atom. The van der Waals surface area contributed by atoms with E-state index in [1.807, 2.05) is 36.4 Å². The second-order valence-corrected chi connectivity index (χ2v) is 9.13. The van der Waals surface area contributed by atoms with Gasteiger partial charge in [-0.1, -0.05) is 41.9 Å². The fourth-order valence-electron chi connectivity index (χ4n) is 4.55. The fraction of sp³-hybridized carbons (Fsp3) is 0.480. The molecule has 2 fully saturated rings. The van der Waals surface area contributed by atoms with Crippen LogP contribution in [0.2, 0.25) is 5.02 Å². The summed E-state index contributed by atoms with van der Waals surface area (Å²) in [5.41, 5.74) is 2.35. The third-order valence-corrected chi connectivity index (χ3v) is 7.02. The lowest BCUT2D eigenvalue weighted by Gasteiger charge is -2.36. The number of benzene rings is 2. The Morgan fingerprint density at radius 3 is 2.39 bits per heavy atom. The van der Waals surface area contributed by atoms with Gasteiger partial charge in [0, 0.05) is 56.6 Å². The molecule has 2 aliphatic heterocycles. The Balaban J connectivity index is 1.40. The van der Waals surface area contributed by atoms with Crippen LogP contribution >= 0.6 is 11.6 Å². The number of likely N-dealkylation sites (N-methyl/N-ethyl adjacent to an activating group) is 1. The van der Waals surface area contributed by atoms with E-state index in [-0.39, 0.29) is 5.91 Å². The van der Waals surface area contributed by atoms with Gasteiger partial charge in [0.1, 0.15) is 0 Å². The number of halogens is 1. The van der Waals surface area contributed by atoms with E-state index in [1.54, 1.807) is 0 Å². The fourth-order valence-corrected chi connectivity index (χ4v) is 4.87. The minimum absolute atomic E-state index is 0.00548. The van der Waals surface area contributed by atoms with E-state index in [0.29, 0.717) is 31.1 Å². The molecule has 2 heterocycles. The van der Waals surface area contributed by atoms with Crippen molar-refractivity contribution in [2.75, 3.05) is 58.3 Å². The number of nitrogens with zero attached hydrogens (tertiary/aromatic N) is 2. The van der Waals surface area contributed by atoms with Crippen molar-refractivity contribution in [1.82, 2.24) is 9.80 Å². The van der Waals surface area contributed by atoms with Gasteiger partial charge in [0.25, 0.3) is 0 Å². The predicted molar refractivity (Wildman–Crippen MR) is 126 cm³/mol. The van der Waals surface area contributed by atoms with E-state index in [0.717, 1.165) is 50.4 Å². The molecule has 4 rings (SSSR count). The molecular formula is C25H32ClN3O2. The topological polar surface area (TPSA) is 44.8 Å². The summed E-state index contributed by atoms with van der Waals surface area (Å²) in [6, 6.07) is 15.9. The molecule has 1 N–H and O–H groups in total. The van der Waals surface area contributed by atoms with Crippen LogP contribution in [0.3, 0.4) is 0 Å². The Morgan fingerprint density at radius 1 is 1.03 bits per heavy atom. The Kier molecular flexibility index (Phi) is 7.28. The summed E-state index contributed by atoms with van der Waals surface area (Å²) in [5.74, 6) is -0.00548. The van der Waals surface area contributed by atoms with Gasteiger partial charge in [0.15, 0.2) is 0 Å². The van der Waals surface area contributed by atoms with Crippen LogP contribution < -0.4 is 5.32 Å². The van der Waals surface area contributed by atoms with Crippen LogP contribution in [-0.2, 0) is 21.4 Å². The van der Waals surface area contributed by atoms with Crippen LogP contribution in [0.5, 0.6) is 0 Å². The molecule has 0 atom stereocenters. The van der Waals surface area contributed by atoms with Crippen molar-refractivity contribution in [2.24, 2.45) is 0 Å². The number of rotatable bonds is 6. The normalized spacial score (nSPS) is 19.8. The zero-order chi connectivity index (χ0) is 21.7. The Hall–Kier alpha value is -1.92. The highest BCUT2D eigenvalue weighted by atomic mass is 35.5. The molecule has 0 aliphatic carbocycles. The van der Waals surface area contributed by atoms with Crippen molar-refractivity contribution in [1.29, 1.82) is 0 Å². The highest BCUT2D eigenvalue weighted by Gasteiger charge is 2.43. The van der Waals surface area contributed by atoms with Crippen molar-refractivity contribution < 1.29 is 9.53 Å². The van der Waals surface area contributed by atoms with Crippen molar-refractivity contribution in [2.45, 2.75) is 24.7 Å². The first-order valence-electron chi connectivity index (χ1n) is 11.2. The average molecular weight is 442 g/mol. The van der Waals surface area contributed by atoms with Crippen molar-refractivity contribution in [3.05, 3.63) is 64.7 Å². The molecule has 2 aliphatic rings. The zero-order valence-electron chi connectivity index (χ0n) is 18.3. The Bertz CT molecular complexity index is 873. The number of carbonyl (C=O) groups excluding carboxylic acids is 1. The highest BCUT2D eigenvalue weighted by molar-refractivity contribution is 6.31. The van der Waals surface area contributed by atoms with Gasteiger partial charge in [-0.25, -0.2) is 0 Å². The number of nitrogens with one attached hydrogen (secondary N) is 1. The predicted octanol–water partition coefficient (Wildman–Crippen LogP) is 3.82. The second kappa shape index (κ2) is 10.1. The molecule has 6 heteroatoms. The number of piperazine rings is 1. The monoisotopic (exact) mass is 441 g/mol. The molecule has 2 aromatic carbocycles. The molecule has 0 aromatic heterocycles. The summed E-state index contributed by atoms with van der Waals surface area (Å²) in [5, 5.41) is 3.78. The zero-order valence-corrected chi connectivity index (χ0v) is 19.0. The maximum absolute atomic E-state index is 13.4. The molecule has 166 valence electrons. The van der Waals surface area contributed by atoms with Crippen molar-refractivity contribution >= 4 is 23.2 Å². The average Bonchev–Trinajstić information content (AvgIpc) is 2.80. The van der Waals surface area contributed by atoms with E-state index in [9.17, 15) is 4.79 Å². The van der Waals surface area contributed by atoms with Crippen LogP contribution in [-0.4, -0.2) is 68.7 Å². The molecule has 0 bridgehead atoms. The molecule has 0 saturated carbocycles. The van der Waals surface area contributed by atoms with Crippen LogP contribution in [0, 0.1) is 0 Å². The molecule has 0 spiro atoms. The second-order valence-electron chi connectivity index (χ2n) is 8.72. The summed E-state index contributed by atoms with van der Waals surface area (Å²) in [6.07, 6.45) is 2.29. The van der Waals surface area contributed by atoms with Gasteiger partial charge in [-0.15, -0.1) is 0 Å². The van der Waals surface area contributed by atoms with E-state index >= 15 is 0 Å². The quantitative estimate of drug-likeness (QED) is 0.740. The molecule has 31 heavy (non-hydrogen) atoms. The highest BCUT2D eigenvalue weighted by Crippen LogP contribution is 2.39. The van der Waals surface area contributed by atoms with Gasteiger partial charge in [-0.05, 0) is 55.6 Å². The number of anilines is 1. The van der Waals surface area contributed by atoms with Crippen LogP contribution in [0.4, 0.5) is 5.69 Å². The van der Waals surface area contributed by atoms with Crippen molar-refractivity contribution in [3.63, 3.8) is 0 Å². The van der Waals surface area contributed by atoms with E-state index < -0.39 is 5.41 Å². The minimum atomic E-state index is -0.656. The molecule has 1 amide bonds. The van der Waals surface area contributed by atoms with Crippen LogP contribution in [0.15, 0.2) is 48.5 Å². The molecule has 0 radical (unpaired) electrons. The number of ether oxygens (including phenoxy) is 1. The first-order valence-corrected chi connectivity index (χ1v) is 11.6. The molecular weight excluding hydrogens is 410 g/mol. The van der Waals surface area contributed by atoms with Gasteiger partial charge >= 0.3 is 0 Å². The minimum Gasteiger partial charge on any atom is -0.381 e. The van der Waals surface area contributed by atoms with Gasteiger partial charge in [0.05, 0.1) is 5.41 Å². The third-order valence-electron chi connectivity index (χ3n) is 6.69. The maximum Gasteiger partial charge on any atom is 0.235 e. The van der Waals surface area contributed by atoms with Crippen LogP contribution in [0.25, 0.3) is 0 Å². The number of hydrogen-bond acceptors (Lipinski definition) is 4. The van der Waals surface area contributed by atoms with Crippen molar-refractivity contribution in [3.8, 4) is 0 Å². The van der Waals surface area contributed by atoms with Crippen LogP contribution in [0.1, 0.15) is 24.0 Å².